The summed E-state index contributed by atoms with van der Waals surface area (Å²) < 4.78 is 2.44. The van der Waals surface area contributed by atoms with Crippen LogP contribution in [0.2, 0.25) is 0 Å². The van der Waals surface area contributed by atoms with Crippen molar-refractivity contribution in [3.8, 4) is 0 Å². The molecule has 0 unspecified atom stereocenters. The van der Waals surface area contributed by atoms with Gasteiger partial charge in [0.05, 0.1) is 0 Å². The van der Waals surface area contributed by atoms with Gasteiger partial charge in [0.25, 0.3) is 0 Å². The summed E-state index contributed by atoms with van der Waals surface area (Å²) in [4.78, 5) is 0. The van der Waals surface area contributed by atoms with E-state index in [1.54, 1.807) is 0 Å². The summed E-state index contributed by atoms with van der Waals surface area (Å²) in [5, 5.41) is 3.45. The van der Waals surface area contributed by atoms with E-state index >= 15 is 0 Å². The maximum absolute atomic E-state index is 3.55. The van der Waals surface area contributed by atoms with E-state index in [0.717, 1.165) is 17.6 Å². The van der Waals surface area contributed by atoms with Gasteiger partial charge in [-0.1, -0.05) is 46.3 Å². The summed E-state index contributed by atoms with van der Waals surface area (Å²) in [6, 6.07) is 16.9. The number of hydrogen-bond donors (Lipinski definition) is 1. The zero-order valence-corrected chi connectivity index (χ0v) is 13.0. The maximum Gasteiger partial charge on any atom is 0.0220 e. The van der Waals surface area contributed by atoms with E-state index in [2.05, 4.69) is 86.3 Å². The lowest BCUT2D eigenvalue weighted by Gasteiger charge is -2.07. The molecule has 0 aliphatic heterocycles. The normalized spacial score (nSPS) is 10.5. The highest BCUT2D eigenvalue weighted by atomic mass is 127. The molecule has 0 radical (unpaired) electrons. The van der Waals surface area contributed by atoms with Crippen LogP contribution in [0.15, 0.2) is 53.0 Å². The molecule has 0 saturated carbocycles. The minimum Gasteiger partial charge on any atom is -0.309 e. The minimum absolute atomic E-state index is 0.882. The highest BCUT2D eigenvalue weighted by Crippen LogP contribution is 2.15. The Labute approximate surface area is 124 Å². The molecule has 0 heterocycles. The second-order valence-corrected chi connectivity index (χ2v) is 5.92. The molecule has 0 aliphatic rings. The van der Waals surface area contributed by atoms with Gasteiger partial charge < -0.3 is 5.32 Å². The van der Waals surface area contributed by atoms with Gasteiger partial charge in [0.15, 0.2) is 0 Å². The summed E-state index contributed by atoms with van der Waals surface area (Å²) in [5.41, 5.74) is 2.61. The Balaban J connectivity index is 1.88. The summed E-state index contributed by atoms with van der Waals surface area (Å²) in [5.74, 6) is 0. The van der Waals surface area contributed by atoms with E-state index < -0.39 is 0 Å². The van der Waals surface area contributed by atoms with Crippen LogP contribution >= 0.6 is 38.5 Å². The topological polar surface area (TPSA) is 12.0 Å². The third kappa shape index (κ3) is 4.08. The van der Waals surface area contributed by atoms with Crippen LogP contribution in [0.4, 0.5) is 0 Å². The van der Waals surface area contributed by atoms with E-state index in [9.17, 15) is 0 Å². The monoisotopic (exact) mass is 401 g/mol. The first-order chi connectivity index (χ1) is 8.25. The fraction of sp³-hybridized carbons (Fsp3) is 0.143. The van der Waals surface area contributed by atoms with Crippen molar-refractivity contribution in [2.75, 3.05) is 0 Å². The van der Waals surface area contributed by atoms with E-state index in [4.69, 9.17) is 0 Å². The second-order valence-electron chi connectivity index (χ2n) is 3.82. The van der Waals surface area contributed by atoms with Gasteiger partial charge in [-0.25, -0.2) is 0 Å². The lowest BCUT2D eigenvalue weighted by Crippen LogP contribution is -2.12. The van der Waals surface area contributed by atoms with Gasteiger partial charge in [-0.2, -0.15) is 0 Å². The Morgan fingerprint density at radius 1 is 0.941 bits per heavy atom. The standard InChI is InChI=1S/C14H13BrIN/c15-14-4-2-1-3-12(14)10-17-9-11-5-7-13(16)8-6-11/h1-8,17H,9-10H2. The van der Waals surface area contributed by atoms with Gasteiger partial charge in [-0.05, 0) is 51.9 Å². The minimum atomic E-state index is 0.882. The van der Waals surface area contributed by atoms with Crippen molar-refractivity contribution >= 4 is 38.5 Å². The van der Waals surface area contributed by atoms with Crippen LogP contribution in [0.5, 0.6) is 0 Å². The maximum atomic E-state index is 3.55. The Kier molecular flexibility index (Phi) is 5.00. The molecule has 2 rings (SSSR count). The van der Waals surface area contributed by atoms with Crippen LogP contribution in [0.25, 0.3) is 0 Å². The van der Waals surface area contributed by atoms with Gasteiger partial charge in [0.1, 0.15) is 0 Å². The van der Waals surface area contributed by atoms with E-state index in [0.29, 0.717) is 0 Å². The molecule has 88 valence electrons. The largest absolute Gasteiger partial charge is 0.309 e. The second kappa shape index (κ2) is 6.52. The molecule has 2 aromatic carbocycles. The average molecular weight is 402 g/mol. The molecule has 17 heavy (non-hydrogen) atoms. The Morgan fingerprint density at radius 3 is 2.35 bits per heavy atom. The zero-order chi connectivity index (χ0) is 12.1. The first-order valence-electron chi connectivity index (χ1n) is 5.44. The molecule has 0 aromatic heterocycles. The van der Waals surface area contributed by atoms with E-state index in [-0.39, 0.29) is 0 Å². The number of benzene rings is 2. The molecule has 0 fully saturated rings. The summed E-state index contributed by atoms with van der Waals surface area (Å²) in [6.45, 7) is 1.78. The third-order valence-corrected chi connectivity index (χ3v) is 4.01. The van der Waals surface area contributed by atoms with Crippen LogP contribution in [0.3, 0.4) is 0 Å². The van der Waals surface area contributed by atoms with Crippen LogP contribution in [-0.4, -0.2) is 0 Å². The Hall–Kier alpha value is -0.390. The molecule has 3 heteroatoms. The van der Waals surface area contributed by atoms with Gasteiger partial charge in [-0.15, -0.1) is 0 Å². The molecule has 0 aliphatic carbocycles. The quantitative estimate of drug-likeness (QED) is 0.751. The molecule has 2 aromatic rings. The summed E-state index contributed by atoms with van der Waals surface area (Å²) >= 11 is 5.87. The first-order valence-corrected chi connectivity index (χ1v) is 7.31. The fourth-order valence-electron chi connectivity index (χ4n) is 1.59. The summed E-state index contributed by atoms with van der Waals surface area (Å²) in [7, 11) is 0. The molecule has 0 saturated heterocycles. The van der Waals surface area contributed by atoms with Crippen molar-refractivity contribution in [1.29, 1.82) is 0 Å². The lowest BCUT2D eigenvalue weighted by atomic mass is 10.2. The van der Waals surface area contributed by atoms with Crippen LogP contribution in [-0.2, 0) is 13.1 Å². The van der Waals surface area contributed by atoms with E-state index in [1.165, 1.54) is 14.7 Å². The number of hydrogen-bond acceptors (Lipinski definition) is 1. The van der Waals surface area contributed by atoms with Crippen molar-refractivity contribution in [3.63, 3.8) is 0 Å². The third-order valence-electron chi connectivity index (χ3n) is 2.52. The average Bonchev–Trinajstić information content (AvgIpc) is 2.34. The molecular formula is C14H13BrIN. The van der Waals surface area contributed by atoms with Gasteiger partial charge >= 0.3 is 0 Å². The fourth-order valence-corrected chi connectivity index (χ4v) is 2.37. The van der Waals surface area contributed by atoms with Crippen LogP contribution < -0.4 is 5.32 Å². The predicted molar refractivity (Wildman–Crippen MR) is 83.8 cm³/mol. The van der Waals surface area contributed by atoms with Crippen molar-refractivity contribution < 1.29 is 0 Å². The van der Waals surface area contributed by atoms with Crippen molar-refractivity contribution in [2.24, 2.45) is 0 Å². The zero-order valence-electron chi connectivity index (χ0n) is 9.29. The van der Waals surface area contributed by atoms with Crippen LogP contribution in [0, 0.1) is 3.57 Å². The molecule has 1 nitrogen and oxygen atoms in total. The van der Waals surface area contributed by atoms with Crippen molar-refractivity contribution in [2.45, 2.75) is 13.1 Å². The molecular weight excluding hydrogens is 389 g/mol. The molecule has 0 amide bonds. The molecule has 1 N–H and O–H groups in total. The smallest absolute Gasteiger partial charge is 0.0220 e. The number of nitrogens with one attached hydrogen (secondary N) is 1. The molecule has 0 bridgehead atoms. The SMILES string of the molecule is Brc1ccccc1CNCc1ccc(I)cc1. The summed E-state index contributed by atoms with van der Waals surface area (Å²) in [6.07, 6.45) is 0. The lowest BCUT2D eigenvalue weighted by molar-refractivity contribution is 0.691. The highest BCUT2D eigenvalue weighted by Gasteiger charge is 1.98. The van der Waals surface area contributed by atoms with Crippen molar-refractivity contribution in [3.05, 3.63) is 67.7 Å². The molecule has 0 spiro atoms. The molecule has 0 atom stereocenters. The Morgan fingerprint density at radius 2 is 1.65 bits per heavy atom. The number of rotatable bonds is 4. The highest BCUT2D eigenvalue weighted by molar-refractivity contribution is 14.1. The first kappa shape index (κ1) is 13.1. The number of halogens is 2. The predicted octanol–water partition coefficient (Wildman–Crippen LogP) is 4.34. The van der Waals surface area contributed by atoms with Crippen LogP contribution in [0.1, 0.15) is 11.1 Å². The Bertz CT molecular complexity index is 482. The van der Waals surface area contributed by atoms with Gasteiger partial charge in [0.2, 0.25) is 0 Å². The van der Waals surface area contributed by atoms with Gasteiger partial charge in [-0.3, -0.25) is 0 Å². The van der Waals surface area contributed by atoms with E-state index in [1.807, 2.05) is 6.07 Å². The van der Waals surface area contributed by atoms with Crippen molar-refractivity contribution in [1.82, 2.24) is 5.32 Å². The van der Waals surface area contributed by atoms with Gasteiger partial charge in [0, 0.05) is 21.1 Å².